The first-order valence-electron chi connectivity index (χ1n) is 16.3. The van der Waals surface area contributed by atoms with Crippen molar-refractivity contribution in [2.24, 2.45) is 0 Å². The standard InChI is InChI=1S/C45H28N2S/c1-27-8-14-42-38(20-27)39-26-31(13-15-43(39)48-42)29-4-2-5-30(21-29)36-22-32-9-11-34-24-37(25-35-12-10-33(23-36)44(32)45(34)35)41-7-3-6-40(47-41)28-16-18-46-19-17-28/h2-26H,1H3. The van der Waals surface area contributed by atoms with Crippen molar-refractivity contribution in [1.29, 1.82) is 0 Å². The zero-order chi connectivity index (χ0) is 31.8. The monoisotopic (exact) mass is 628 g/mol. The quantitative estimate of drug-likeness (QED) is 0.181. The van der Waals surface area contributed by atoms with Gasteiger partial charge in [0, 0.05) is 43.7 Å². The van der Waals surface area contributed by atoms with E-state index < -0.39 is 0 Å². The van der Waals surface area contributed by atoms with Crippen molar-refractivity contribution in [2.45, 2.75) is 6.92 Å². The molecule has 0 aliphatic rings. The van der Waals surface area contributed by atoms with E-state index in [4.69, 9.17) is 4.98 Å². The van der Waals surface area contributed by atoms with E-state index in [1.165, 1.54) is 80.3 Å². The van der Waals surface area contributed by atoms with Crippen LogP contribution in [0.1, 0.15) is 5.56 Å². The van der Waals surface area contributed by atoms with E-state index in [0.29, 0.717) is 0 Å². The van der Waals surface area contributed by atoms with Gasteiger partial charge in [-0.2, -0.15) is 0 Å². The minimum atomic E-state index is 0.951. The Hall–Kier alpha value is -5.90. The van der Waals surface area contributed by atoms with Gasteiger partial charge < -0.3 is 0 Å². The molecule has 2 nitrogen and oxygen atoms in total. The Balaban J connectivity index is 1.05. The lowest BCUT2D eigenvalue weighted by atomic mass is 9.89. The van der Waals surface area contributed by atoms with Crippen molar-refractivity contribution in [2.75, 3.05) is 0 Å². The highest BCUT2D eigenvalue weighted by molar-refractivity contribution is 7.25. The van der Waals surface area contributed by atoms with Gasteiger partial charge in [0.1, 0.15) is 0 Å². The van der Waals surface area contributed by atoms with Crippen molar-refractivity contribution in [1.82, 2.24) is 9.97 Å². The highest BCUT2D eigenvalue weighted by atomic mass is 32.1. The Morgan fingerprint density at radius 3 is 1.65 bits per heavy atom. The van der Waals surface area contributed by atoms with Gasteiger partial charge in [0.2, 0.25) is 0 Å². The molecule has 3 aromatic heterocycles. The number of benzene rings is 7. The molecule has 0 radical (unpaired) electrons. The highest BCUT2D eigenvalue weighted by Crippen LogP contribution is 2.41. The van der Waals surface area contributed by atoms with Gasteiger partial charge in [-0.1, -0.05) is 66.2 Å². The molecule has 10 rings (SSSR count). The maximum absolute atomic E-state index is 5.02. The van der Waals surface area contributed by atoms with Crippen LogP contribution in [0.15, 0.2) is 152 Å². The number of hydrogen-bond acceptors (Lipinski definition) is 3. The summed E-state index contributed by atoms with van der Waals surface area (Å²) in [6, 6.07) is 51.3. The Kier molecular flexibility index (Phi) is 5.99. The maximum Gasteiger partial charge on any atom is 0.0710 e. The van der Waals surface area contributed by atoms with Gasteiger partial charge in [-0.3, -0.25) is 4.98 Å². The number of rotatable bonds is 4. The van der Waals surface area contributed by atoms with Gasteiger partial charge in [0.05, 0.1) is 11.4 Å². The second kappa shape index (κ2) is 10.6. The van der Waals surface area contributed by atoms with E-state index in [0.717, 1.165) is 22.5 Å². The Morgan fingerprint density at radius 2 is 0.958 bits per heavy atom. The normalized spacial score (nSPS) is 11.9. The van der Waals surface area contributed by atoms with Crippen molar-refractivity contribution in [3.05, 3.63) is 157 Å². The van der Waals surface area contributed by atoms with Crippen LogP contribution in [0.2, 0.25) is 0 Å². The summed E-state index contributed by atoms with van der Waals surface area (Å²) in [4.78, 5) is 9.18. The van der Waals surface area contributed by atoms with Gasteiger partial charge in [0.15, 0.2) is 0 Å². The SMILES string of the molecule is Cc1ccc2sc3ccc(-c4cccc(-c5cc6ccc7cc(-c8cccc(-c9ccncc9)n8)cc8ccc(c5)c6c78)c4)cc3c2c1. The zero-order valence-electron chi connectivity index (χ0n) is 26.2. The molecule has 0 atom stereocenters. The second-order valence-corrected chi connectivity index (χ2v) is 13.8. The topological polar surface area (TPSA) is 25.8 Å². The van der Waals surface area contributed by atoms with Crippen LogP contribution in [0, 0.1) is 6.92 Å². The summed E-state index contributed by atoms with van der Waals surface area (Å²) < 4.78 is 2.68. The third-order valence-corrected chi connectivity index (χ3v) is 10.9. The fourth-order valence-electron chi connectivity index (χ4n) is 7.38. The molecular weight excluding hydrogens is 601 g/mol. The summed E-state index contributed by atoms with van der Waals surface area (Å²) in [7, 11) is 0. The lowest BCUT2D eigenvalue weighted by Gasteiger charge is -2.15. The molecule has 0 amide bonds. The van der Waals surface area contributed by atoms with Gasteiger partial charge >= 0.3 is 0 Å². The van der Waals surface area contributed by atoms with Crippen molar-refractivity contribution >= 4 is 63.8 Å². The Labute approximate surface area is 281 Å². The molecule has 0 N–H and O–H groups in total. The molecule has 0 unspecified atom stereocenters. The third kappa shape index (κ3) is 4.40. The van der Waals surface area contributed by atoms with E-state index in [-0.39, 0.29) is 0 Å². The Bertz CT molecular complexity index is 2780. The molecule has 0 aliphatic carbocycles. The van der Waals surface area contributed by atoms with Crippen LogP contribution in [-0.2, 0) is 0 Å². The molecule has 48 heavy (non-hydrogen) atoms. The minimum absolute atomic E-state index is 0.951. The summed E-state index contributed by atoms with van der Waals surface area (Å²) in [5.41, 5.74) is 10.4. The first kappa shape index (κ1) is 27.2. The first-order chi connectivity index (χ1) is 23.6. The molecule has 0 fully saturated rings. The van der Waals surface area contributed by atoms with E-state index >= 15 is 0 Å². The van der Waals surface area contributed by atoms with Crippen LogP contribution in [-0.4, -0.2) is 9.97 Å². The molecule has 0 spiro atoms. The van der Waals surface area contributed by atoms with Crippen LogP contribution in [0.4, 0.5) is 0 Å². The molecular formula is C45H28N2S. The van der Waals surface area contributed by atoms with Gasteiger partial charge in [-0.25, -0.2) is 4.98 Å². The molecule has 0 aliphatic heterocycles. The number of aryl methyl sites for hydroxylation is 1. The summed E-state index contributed by atoms with van der Waals surface area (Å²) in [5, 5.41) is 10.3. The number of pyridine rings is 2. The smallest absolute Gasteiger partial charge is 0.0710 e. The predicted octanol–water partition coefficient (Wildman–Crippen LogP) is 12.7. The molecule has 7 aromatic carbocycles. The molecule has 0 bridgehead atoms. The summed E-state index contributed by atoms with van der Waals surface area (Å²) >= 11 is 1.87. The fraction of sp³-hybridized carbons (Fsp3) is 0.0222. The predicted molar refractivity (Wildman–Crippen MR) is 205 cm³/mol. The molecule has 0 saturated carbocycles. The minimum Gasteiger partial charge on any atom is -0.265 e. The van der Waals surface area contributed by atoms with E-state index in [1.54, 1.807) is 0 Å². The Morgan fingerprint density at radius 1 is 0.417 bits per heavy atom. The van der Waals surface area contributed by atoms with Crippen molar-refractivity contribution < 1.29 is 0 Å². The van der Waals surface area contributed by atoms with Crippen molar-refractivity contribution in [3.63, 3.8) is 0 Å². The van der Waals surface area contributed by atoms with Crippen LogP contribution in [0.5, 0.6) is 0 Å². The second-order valence-electron chi connectivity index (χ2n) is 12.8. The number of hydrogen-bond donors (Lipinski definition) is 0. The molecule has 3 heterocycles. The zero-order valence-corrected chi connectivity index (χ0v) is 27.1. The number of thiophene rings is 1. The van der Waals surface area contributed by atoms with Gasteiger partial charge in [-0.15, -0.1) is 11.3 Å². The number of fused-ring (bicyclic) bond motifs is 3. The summed E-state index contributed by atoms with van der Waals surface area (Å²) in [6.07, 6.45) is 3.62. The van der Waals surface area contributed by atoms with Crippen LogP contribution >= 0.6 is 11.3 Å². The van der Waals surface area contributed by atoms with E-state index in [1.807, 2.05) is 35.9 Å². The molecule has 10 aromatic rings. The molecule has 0 saturated heterocycles. The van der Waals surface area contributed by atoms with Crippen molar-refractivity contribution in [3.8, 4) is 44.8 Å². The van der Waals surface area contributed by atoms with E-state index in [9.17, 15) is 0 Å². The van der Waals surface area contributed by atoms with Crippen LogP contribution in [0.3, 0.4) is 0 Å². The van der Waals surface area contributed by atoms with E-state index in [2.05, 4.69) is 139 Å². The highest BCUT2D eigenvalue weighted by Gasteiger charge is 2.14. The van der Waals surface area contributed by atoms with Crippen LogP contribution < -0.4 is 0 Å². The van der Waals surface area contributed by atoms with Gasteiger partial charge in [0.25, 0.3) is 0 Å². The molecule has 3 heteroatoms. The largest absolute Gasteiger partial charge is 0.265 e. The number of nitrogens with zero attached hydrogens (tertiary/aromatic N) is 2. The maximum atomic E-state index is 5.02. The summed E-state index contributed by atoms with van der Waals surface area (Å²) in [5.74, 6) is 0. The third-order valence-electron chi connectivity index (χ3n) is 9.71. The lowest BCUT2D eigenvalue weighted by Crippen LogP contribution is -1.90. The average molecular weight is 629 g/mol. The lowest BCUT2D eigenvalue weighted by molar-refractivity contribution is 1.29. The molecule has 224 valence electrons. The average Bonchev–Trinajstić information content (AvgIpc) is 3.51. The van der Waals surface area contributed by atoms with Crippen LogP contribution in [0.25, 0.3) is 97.3 Å². The summed E-state index contributed by atoms with van der Waals surface area (Å²) in [6.45, 7) is 2.17. The first-order valence-corrected chi connectivity index (χ1v) is 17.1. The fourth-order valence-corrected chi connectivity index (χ4v) is 8.45. The number of aromatic nitrogens is 2. The van der Waals surface area contributed by atoms with Gasteiger partial charge in [-0.05, 0) is 140 Å².